The lowest BCUT2D eigenvalue weighted by molar-refractivity contribution is -0.131. The second-order valence-corrected chi connectivity index (χ2v) is 4.68. The van der Waals surface area contributed by atoms with E-state index in [1.165, 1.54) is 6.08 Å². The number of carboxylic acids is 1. The summed E-state index contributed by atoms with van der Waals surface area (Å²) in [6, 6.07) is 9.07. The van der Waals surface area contributed by atoms with Crippen molar-refractivity contribution in [1.29, 1.82) is 0 Å². The Kier molecular flexibility index (Phi) is 5.35. The van der Waals surface area contributed by atoms with Crippen LogP contribution in [0.5, 0.6) is 5.75 Å². The molecule has 0 aliphatic carbocycles. The fraction of sp³-hybridized carbons (Fsp3) is 0.125. The van der Waals surface area contributed by atoms with E-state index in [-0.39, 0.29) is 0 Å². The van der Waals surface area contributed by atoms with E-state index in [1.54, 1.807) is 30.6 Å². The average molecular weight is 304 g/mol. The zero-order valence-electron chi connectivity index (χ0n) is 11.2. The highest BCUT2D eigenvalue weighted by Crippen LogP contribution is 2.28. The van der Waals surface area contributed by atoms with Crippen molar-refractivity contribution >= 4 is 23.6 Å². The summed E-state index contributed by atoms with van der Waals surface area (Å²) in [5.41, 5.74) is 1.69. The molecule has 1 N–H and O–H groups in total. The molecule has 21 heavy (non-hydrogen) atoms. The summed E-state index contributed by atoms with van der Waals surface area (Å²) in [7, 11) is 0. The van der Waals surface area contributed by atoms with Gasteiger partial charge in [0.25, 0.3) is 0 Å². The van der Waals surface area contributed by atoms with Crippen molar-refractivity contribution in [1.82, 2.24) is 4.98 Å². The highest BCUT2D eigenvalue weighted by Gasteiger charge is 2.06. The summed E-state index contributed by atoms with van der Waals surface area (Å²) in [6.07, 6.45) is 6.67. The third-order valence-electron chi connectivity index (χ3n) is 2.80. The van der Waals surface area contributed by atoms with E-state index in [9.17, 15) is 4.79 Å². The first-order valence-corrected chi connectivity index (χ1v) is 6.76. The number of carbonyl (C=O) groups is 1. The maximum absolute atomic E-state index is 10.6. The Bertz CT molecular complexity index is 641. The summed E-state index contributed by atoms with van der Waals surface area (Å²) in [5.74, 6) is -0.466. The molecule has 0 unspecified atom stereocenters. The van der Waals surface area contributed by atoms with E-state index in [1.807, 2.05) is 12.1 Å². The van der Waals surface area contributed by atoms with Crippen LogP contribution in [0.4, 0.5) is 0 Å². The molecular weight excluding hydrogens is 290 g/mol. The van der Waals surface area contributed by atoms with Crippen LogP contribution in [0.15, 0.2) is 48.8 Å². The van der Waals surface area contributed by atoms with E-state index < -0.39 is 5.97 Å². The van der Waals surface area contributed by atoms with Crippen LogP contribution in [0.3, 0.4) is 0 Å². The third-order valence-corrected chi connectivity index (χ3v) is 3.13. The minimum absolute atomic E-state index is 0.453. The normalized spacial score (nSPS) is 10.7. The Balaban J connectivity index is 2.06. The van der Waals surface area contributed by atoms with Gasteiger partial charge in [-0.1, -0.05) is 17.7 Å². The molecule has 2 aromatic rings. The van der Waals surface area contributed by atoms with E-state index in [2.05, 4.69) is 4.98 Å². The maximum atomic E-state index is 10.6. The molecule has 4 nitrogen and oxygen atoms in total. The first-order valence-electron chi connectivity index (χ1n) is 6.38. The standard InChI is InChI=1S/C16H14ClNO3/c17-14-2-1-3-15(13(14)4-5-16(19)20)21-11-8-12-6-9-18-10-7-12/h1-7,9-10H,8,11H2,(H,19,20)/b5-4+. The van der Waals surface area contributed by atoms with Crippen molar-refractivity contribution in [2.75, 3.05) is 6.61 Å². The van der Waals surface area contributed by atoms with E-state index in [4.69, 9.17) is 21.4 Å². The van der Waals surface area contributed by atoms with Crippen molar-refractivity contribution in [3.8, 4) is 5.75 Å². The smallest absolute Gasteiger partial charge is 0.328 e. The van der Waals surface area contributed by atoms with Gasteiger partial charge in [-0.2, -0.15) is 0 Å². The molecule has 0 radical (unpaired) electrons. The van der Waals surface area contributed by atoms with Crippen LogP contribution >= 0.6 is 11.6 Å². The van der Waals surface area contributed by atoms with Crippen LogP contribution in [-0.2, 0) is 11.2 Å². The Morgan fingerprint density at radius 1 is 1.29 bits per heavy atom. The highest BCUT2D eigenvalue weighted by atomic mass is 35.5. The SMILES string of the molecule is O=C(O)/C=C/c1c(Cl)cccc1OCCc1ccncc1. The van der Waals surface area contributed by atoms with Crippen LogP contribution in [0.25, 0.3) is 6.08 Å². The molecule has 5 heteroatoms. The summed E-state index contributed by atoms with van der Waals surface area (Å²) in [5, 5.41) is 9.16. The molecule has 108 valence electrons. The quantitative estimate of drug-likeness (QED) is 0.830. The van der Waals surface area contributed by atoms with Crippen LogP contribution in [0.1, 0.15) is 11.1 Å². The van der Waals surface area contributed by atoms with Gasteiger partial charge in [0.15, 0.2) is 0 Å². The van der Waals surface area contributed by atoms with Crippen LogP contribution in [-0.4, -0.2) is 22.7 Å². The van der Waals surface area contributed by atoms with Crippen molar-refractivity contribution in [2.45, 2.75) is 6.42 Å². The summed E-state index contributed by atoms with van der Waals surface area (Å²) >= 11 is 6.08. The van der Waals surface area contributed by atoms with Crippen LogP contribution in [0.2, 0.25) is 5.02 Å². The molecule has 1 aromatic heterocycles. The lowest BCUT2D eigenvalue weighted by Crippen LogP contribution is -2.02. The molecule has 1 heterocycles. The lowest BCUT2D eigenvalue weighted by Gasteiger charge is -2.10. The maximum Gasteiger partial charge on any atom is 0.328 e. The second kappa shape index (κ2) is 7.45. The monoisotopic (exact) mass is 303 g/mol. The Morgan fingerprint density at radius 2 is 2.05 bits per heavy atom. The number of halogens is 1. The zero-order chi connectivity index (χ0) is 15.1. The van der Waals surface area contributed by atoms with Gasteiger partial charge >= 0.3 is 5.97 Å². The van der Waals surface area contributed by atoms with Gasteiger partial charge in [-0.25, -0.2) is 4.79 Å². The largest absolute Gasteiger partial charge is 0.493 e. The fourth-order valence-corrected chi connectivity index (χ4v) is 2.02. The van der Waals surface area contributed by atoms with Gasteiger partial charge in [-0.3, -0.25) is 4.98 Å². The molecule has 0 spiro atoms. The summed E-state index contributed by atoms with van der Waals surface area (Å²) < 4.78 is 5.71. The number of aromatic nitrogens is 1. The molecule has 1 aromatic carbocycles. The predicted molar refractivity (Wildman–Crippen MR) is 81.6 cm³/mol. The van der Waals surface area contributed by atoms with Crippen molar-refractivity contribution in [3.63, 3.8) is 0 Å². The van der Waals surface area contributed by atoms with Crippen molar-refractivity contribution < 1.29 is 14.6 Å². The van der Waals surface area contributed by atoms with Gasteiger partial charge in [-0.05, 0) is 35.9 Å². The van der Waals surface area contributed by atoms with E-state index >= 15 is 0 Å². The number of carboxylic acid groups (broad SMARTS) is 1. The molecule has 0 saturated heterocycles. The number of hydrogen-bond donors (Lipinski definition) is 1. The van der Waals surface area contributed by atoms with Crippen molar-refractivity contribution in [3.05, 3.63) is 65.0 Å². The number of pyridine rings is 1. The second-order valence-electron chi connectivity index (χ2n) is 4.28. The number of benzene rings is 1. The van der Waals surface area contributed by atoms with Gasteiger partial charge in [0.1, 0.15) is 5.75 Å². The molecular formula is C16H14ClNO3. The van der Waals surface area contributed by atoms with Gasteiger partial charge in [-0.15, -0.1) is 0 Å². The summed E-state index contributed by atoms with van der Waals surface area (Å²) in [6.45, 7) is 0.471. The molecule has 0 aliphatic heterocycles. The number of nitrogens with zero attached hydrogens (tertiary/aromatic N) is 1. The number of rotatable bonds is 6. The Hall–Kier alpha value is -2.33. The zero-order valence-corrected chi connectivity index (χ0v) is 12.0. The summed E-state index contributed by atoms with van der Waals surface area (Å²) in [4.78, 5) is 14.6. The minimum atomic E-state index is -1.03. The number of hydrogen-bond acceptors (Lipinski definition) is 3. The molecule has 0 fully saturated rings. The molecule has 0 aliphatic rings. The topological polar surface area (TPSA) is 59.4 Å². The number of ether oxygens (including phenoxy) is 1. The first kappa shape index (κ1) is 15.1. The van der Waals surface area contributed by atoms with Gasteiger partial charge in [0.2, 0.25) is 0 Å². The predicted octanol–water partition coefficient (Wildman–Crippen LogP) is 3.45. The van der Waals surface area contributed by atoms with Gasteiger partial charge in [0.05, 0.1) is 11.6 Å². The number of aliphatic carboxylic acids is 1. The fourth-order valence-electron chi connectivity index (χ4n) is 1.79. The third kappa shape index (κ3) is 4.61. The van der Waals surface area contributed by atoms with Crippen molar-refractivity contribution in [2.24, 2.45) is 0 Å². The molecule has 0 atom stereocenters. The molecule has 0 bridgehead atoms. The Morgan fingerprint density at radius 3 is 2.76 bits per heavy atom. The molecule has 0 amide bonds. The van der Waals surface area contributed by atoms with Crippen LogP contribution in [0, 0.1) is 0 Å². The van der Waals surface area contributed by atoms with Crippen LogP contribution < -0.4 is 4.74 Å². The average Bonchev–Trinajstić information content (AvgIpc) is 2.47. The molecule has 2 rings (SSSR count). The van der Waals surface area contributed by atoms with Gasteiger partial charge in [0, 0.05) is 30.5 Å². The van der Waals surface area contributed by atoms with E-state index in [0.29, 0.717) is 22.9 Å². The van der Waals surface area contributed by atoms with Gasteiger partial charge < -0.3 is 9.84 Å². The Labute approximate surface area is 127 Å². The minimum Gasteiger partial charge on any atom is -0.493 e. The first-order chi connectivity index (χ1) is 10.2. The molecule has 0 saturated carbocycles. The highest BCUT2D eigenvalue weighted by molar-refractivity contribution is 6.32. The van der Waals surface area contributed by atoms with E-state index in [0.717, 1.165) is 18.1 Å². The lowest BCUT2D eigenvalue weighted by atomic mass is 10.1.